The van der Waals surface area contributed by atoms with Crippen LogP contribution in [0.1, 0.15) is 27.0 Å². The van der Waals surface area contributed by atoms with Crippen LogP contribution in [0.3, 0.4) is 0 Å². The Morgan fingerprint density at radius 1 is 1.14 bits per heavy atom. The number of amides is 1. The van der Waals surface area contributed by atoms with Gasteiger partial charge in [0, 0.05) is 5.69 Å². The number of aromatic hydroxyl groups is 1. The average molecular weight is 388 g/mol. The van der Waals surface area contributed by atoms with E-state index in [0.29, 0.717) is 11.3 Å². The van der Waals surface area contributed by atoms with Crippen molar-refractivity contribution < 1.29 is 9.90 Å². The fraction of sp³-hybridized carbons (Fsp3) is 0.136. The normalized spacial score (nSPS) is 11.0. The number of pyridine rings is 1. The number of benzene rings is 2. The molecule has 0 radical (unpaired) electrons. The molecular formula is C22H20N4O3. The minimum absolute atomic E-state index is 0.289. The zero-order chi connectivity index (χ0) is 20.7. The van der Waals surface area contributed by atoms with Crippen LogP contribution in [0.2, 0.25) is 0 Å². The molecule has 2 heterocycles. The molecule has 146 valence electrons. The molecule has 4 aromatic rings. The number of carbonyl (C=O) groups is 1. The molecule has 0 bridgehead atoms. The molecule has 0 atom stereocenters. The summed E-state index contributed by atoms with van der Waals surface area (Å²) in [6.45, 7) is 5.76. The quantitative estimate of drug-likeness (QED) is 0.499. The number of hydrogen-bond donors (Lipinski definition) is 3. The van der Waals surface area contributed by atoms with Gasteiger partial charge in [-0.3, -0.25) is 9.59 Å². The fourth-order valence-electron chi connectivity index (χ4n) is 3.29. The molecule has 0 unspecified atom stereocenters. The lowest BCUT2D eigenvalue weighted by atomic mass is 10.1. The summed E-state index contributed by atoms with van der Waals surface area (Å²) >= 11 is 0. The maximum atomic E-state index is 12.8. The summed E-state index contributed by atoms with van der Waals surface area (Å²) in [4.78, 5) is 28.1. The standard InChI is InChI=1S/C22H20N4O3/c1-12-6-4-8-15(10-12)26-20-16(11-23-26)19(27)18(22(29)25-20)21(28)24-17-9-5-7-13(2)14(17)3/h4-11H,1-3H3,(H,24,28)(H2,25,27,29). The number of H-pyrrole nitrogens is 1. The van der Waals surface area contributed by atoms with Crippen LogP contribution in [0.15, 0.2) is 53.5 Å². The largest absolute Gasteiger partial charge is 0.506 e. The number of fused-ring (bicyclic) bond motifs is 1. The highest BCUT2D eigenvalue weighted by Crippen LogP contribution is 2.27. The molecule has 7 heteroatoms. The highest BCUT2D eigenvalue weighted by molar-refractivity contribution is 6.09. The molecule has 0 aliphatic rings. The Balaban J connectivity index is 1.80. The van der Waals surface area contributed by atoms with Gasteiger partial charge in [0.15, 0.2) is 0 Å². The molecule has 4 rings (SSSR count). The molecule has 0 fully saturated rings. The van der Waals surface area contributed by atoms with Crippen LogP contribution in [0, 0.1) is 20.8 Å². The lowest BCUT2D eigenvalue weighted by Gasteiger charge is -2.11. The maximum absolute atomic E-state index is 12.8. The van der Waals surface area contributed by atoms with Crippen LogP contribution < -0.4 is 10.9 Å². The van der Waals surface area contributed by atoms with Crippen LogP contribution in [0.25, 0.3) is 16.7 Å². The van der Waals surface area contributed by atoms with Crippen molar-refractivity contribution in [2.75, 3.05) is 5.32 Å². The first-order valence-corrected chi connectivity index (χ1v) is 9.14. The Bertz CT molecular complexity index is 1320. The third-order valence-electron chi connectivity index (χ3n) is 5.05. The third kappa shape index (κ3) is 3.16. The second-order valence-electron chi connectivity index (χ2n) is 7.04. The van der Waals surface area contributed by atoms with Gasteiger partial charge in [0.2, 0.25) is 0 Å². The van der Waals surface area contributed by atoms with Crippen LogP contribution in [-0.4, -0.2) is 25.8 Å². The number of nitrogens with zero attached hydrogens (tertiary/aromatic N) is 2. The van der Waals surface area contributed by atoms with Gasteiger partial charge >= 0.3 is 0 Å². The van der Waals surface area contributed by atoms with E-state index in [1.807, 2.05) is 57.2 Å². The summed E-state index contributed by atoms with van der Waals surface area (Å²) in [6.07, 6.45) is 1.43. The smallest absolute Gasteiger partial charge is 0.266 e. The van der Waals surface area contributed by atoms with E-state index in [0.717, 1.165) is 22.4 Å². The molecule has 1 amide bonds. The van der Waals surface area contributed by atoms with Gasteiger partial charge in [-0.1, -0.05) is 24.3 Å². The first-order chi connectivity index (χ1) is 13.9. The predicted octanol–water partition coefficient (Wildman–Crippen LogP) is 3.60. The summed E-state index contributed by atoms with van der Waals surface area (Å²) in [5.41, 5.74) is 3.55. The number of aromatic amines is 1. The van der Waals surface area contributed by atoms with Gasteiger partial charge in [0.25, 0.3) is 11.5 Å². The molecule has 2 aromatic carbocycles. The van der Waals surface area contributed by atoms with Gasteiger partial charge in [-0.15, -0.1) is 0 Å². The third-order valence-corrected chi connectivity index (χ3v) is 5.05. The van der Waals surface area contributed by atoms with Crippen molar-refractivity contribution >= 4 is 22.6 Å². The molecule has 0 aliphatic carbocycles. The Kier molecular flexibility index (Phi) is 4.43. The van der Waals surface area contributed by atoms with Gasteiger partial charge in [-0.05, 0) is 55.7 Å². The molecular weight excluding hydrogens is 368 g/mol. The van der Waals surface area contributed by atoms with Gasteiger partial charge < -0.3 is 15.4 Å². The second kappa shape index (κ2) is 6.94. The minimum Gasteiger partial charge on any atom is -0.506 e. The zero-order valence-electron chi connectivity index (χ0n) is 16.3. The minimum atomic E-state index is -0.688. The Labute approximate surface area is 166 Å². The van der Waals surface area contributed by atoms with E-state index in [4.69, 9.17) is 0 Å². The lowest BCUT2D eigenvalue weighted by Crippen LogP contribution is -2.24. The molecule has 2 aromatic heterocycles. The van der Waals surface area contributed by atoms with Gasteiger partial charge in [-0.2, -0.15) is 5.10 Å². The van der Waals surface area contributed by atoms with Crippen LogP contribution in [0.4, 0.5) is 5.69 Å². The number of nitrogens with one attached hydrogen (secondary N) is 2. The fourth-order valence-corrected chi connectivity index (χ4v) is 3.29. The van der Waals surface area contributed by atoms with Crippen LogP contribution in [-0.2, 0) is 0 Å². The zero-order valence-corrected chi connectivity index (χ0v) is 16.3. The molecule has 7 nitrogen and oxygen atoms in total. The molecule has 0 spiro atoms. The van der Waals surface area contributed by atoms with Crippen LogP contribution >= 0.6 is 0 Å². The predicted molar refractivity (Wildman–Crippen MR) is 112 cm³/mol. The SMILES string of the molecule is Cc1cccc(-n2ncc3c(O)c(C(=O)Nc4cccc(C)c4C)c(=O)[nH]c32)c1. The van der Waals surface area contributed by atoms with Gasteiger partial charge in [0.1, 0.15) is 17.0 Å². The highest BCUT2D eigenvalue weighted by Gasteiger charge is 2.22. The highest BCUT2D eigenvalue weighted by atomic mass is 16.3. The first kappa shape index (κ1) is 18.5. The Morgan fingerprint density at radius 2 is 1.90 bits per heavy atom. The van der Waals surface area contributed by atoms with E-state index >= 15 is 0 Å². The topological polar surface area (TPSA) is 100 Å². The van der Waals surface area contributed by atoms with Crippen LogP contribution in [0.5, 0.6) is 5.75 Å². The summed E-state index contributed by atoms with van der Waals surface area (Å²) in [5.74, 6) is -1.08. The van der Waals surface area contributed by atoms with Crippen molar-refractivity contribution in [2.45, 2.75) is 20.8 Å². The number of rotatable bonds is 3. The second-order valence-corrected chi connectivity index (χ2v) is 7.04. The number of aromatic nitrogens is 3. The van der Waals surface area contributed by atoms with Crippen molar-refractivity contribution in [3.05, 3.63) is 81.3 Å². The lowest BCUT2D eigenvalue weighted by molar-refractivity contribution is 0.102. The molecule has 3 N–H and O–H groups in total. The molecule has 0 saturated carbocycles. The molecule has 0 aliphatic heterocycles. The number of carbonyl (C=O) groups excluding carboxylic acids is 1. The van der Waals surface area contributed by atoms with E-state index in [9.17, 15) is 14.7 Å². The summed E-state index contributed by atoms with van der Waals surface area (Å²) in [6, 6.07) is 13.1. The van der Waals surface area contributed by atoms with Crippen molar-refractivity contribution in [3.8, 4) is 11.4 Å². The summed E-state index contributed by atoms with van der Waals surface area (Å²) in [7, 11) is 0. The van der Waals surface area contributed by atoms with Crippen molar-refractivity contribution in [1.29, 1.82) is 0 Å². The van der Waals surface area contributed by atoms with E-state index in [-0.39, 0.29) is 10.9 Å². The Morgan fingerprint density at radius 3 is 2.66 bits per heavy atom. The van der Waals surface area contributed by atoms with Gasteiger partial charge in [0.05, 0.1) is 17.3 Å². The van der Waals surface area contributed by atoms with Crippen molar-refractivity contribution in [2.24, 2.45) is 0 Å². The molecule has 0 saturated heterocycles. The first-order valence-electron chi connectivity index (χ1n) is 9.14. The number of aryl methyl sites for hydroxylation is 2. The Hall–Kier alpha value is -3.87. The van der Waals surface area contributed by atoms with E-state index in [1.54, 1.807) is 6.07 Å². The number of hydrogen-bond acceptors (Lipinski definition) is 4. The summed E-state index contributed by atoms with van der Waals surface area (Å²) in [5, 5.41) is 18.0. The monoisotopic (exact) mass is 388 g/mol. The molecule has 29 heavy (non-hydrogen) atoms. The van der Waals surface area contributed by atoms with Crippen molar-refractivity contribution in [3.63, 3.8) is 0 Å². The van der Waals surface area contributed by atoms with E-state index in [1.165, 1.54) is 10.9 Å². The maximum Gasteiger partial charge on any atom is 0.266 e. The van der Waals surface area contributed by atoms with E-state index in [2.05, 4.69) is 15.4 Å². The average Bonchev–Trinajstić information content (AvgIpc) is 3.09. The summed E-state index contributed by atoms with van der Waals surface area (Å²) < 4.78 is 1.52. The van der Waals surface area contributed by atoms with Gasteiger partial charge in [-0.25, -0.2) is 4.68 Å². The number of anilines is 1. The van der Waals surface area contributed by atoms with E-state index < -0.39 is 17.2 Å². The van der Waals surface area contributed by atoms with Crippen molar-refractivity contribution in [1.82, 2.24) is 14.8 Å².